The van der Waals surface area contributed by atoms with Gasteiger partial charge in [-0.25, -0.2) is 0 Å². The van der Waals surface area contributed by atoms with Crippen LogP contribution in [-0.4, -0.2) is 43.2 Å². The topological polar surface area (TPSA) is 59.6 Å². The predicted molar refractivity (Wildman–Crippen MR) is 101 cm³/mol. The summed E-state index contributed by atoms with van der Waals surface area (Å²) in [7, 11) is 1.66. The third-order valence-corrected chi connectivity index (χ3v) is 5.87. The minimum absolute atomic E-state index is 0.0917. The molecular weight excluding hydrogens is 336 g/mol. The quantitative estimate of drug-likeness (QED) is 0.779. The zero-order valence-electron chi connectivity index (χ0n) is 14.9. The Kier molecular flexibility index (Phi) is 6.87. The summed E-state index contributed by atoms with van der Waals surface area (Å²) < 4.78 is 11.5. The maximum Gasteiger partial charge on any atom is 0.221 e. The van der Waals surface area contributed by atoms with E-state index in [4.69, 9.17) is 9.47 Å². The van der Waals surface area contributed by atoms with Crippen LogP contribution in [0, 0.1) is 0 Å². The van der Waals surface area contributed by atoms with Crippen LogP contribution in [0.3, 0.4) is 0 Å². The average Bonchev–Trinajstić information content (AvgIpc) is 3.14. The number of thioether (sulfide) groups is 1. The summed E-state index contributed by atoms with van der Waals surface area (Å²) in [5.74, 6) is 3.77. The van der Waals surface area contributed by atoms with Crippen molar-refractivity contribution < 1.29 is 14.3 Å². The lowest BCUT2D eigenvalue weighted by Crippen LogP contribution is -2.41. The van der Waals surface area contributed by atoms with Gasteiger partial charge in [0.05, 0.1) is 13.2 Å². The van der Waals surface area contributed by atoms with Crippen LogP contribution in [0.5, 0.6) is 11.5 Å². The van der Waals surface area contributed by atoms with Crippen LogP contribution >= 0.6 is 11.8 Å². The zero-order chi connectivity index (χ0) is 17.5. The van der Waals surface area contributed by atoms with Crippen LogP contribution in [0.25, 0.3) is 0 Å². The Hall–Kier alpha value is -1.40. The normalized spacial score (nSPS) is 21.1. The van der Waals surface area contributed by atoms with E-state index in [1.165, 1.54) is 12.8 Å². The number of carbonyl (C=O) groups is 1. The molecule has 1 aliphatic carbocycles. The molecule has 2 N–H and O–H groups in total. The molecule has 5 nitrogen and oxygen atoms in total. The van der Waals surface area contributed by atoms with Gasteiger partial charge in [-0.2, -0.15) is 11.8 Å². The average molecular weight is 365 g/mol. The van der Waals surface area contributed by atoms with Crippen LogP contribution < -0.4 is 20.1 Å². The first kappa shape index (κ1) is 18.4. The van der Waals surface area contributed by atoms with Gasteiger partial charge < -0.3 is 20.1 Å². The predicted octanol–water partition coefficient (Wildman–Crippen LogP) is 2.73. The third kappa shape index (κ3) is 5.54. The first-order valence-corrected chi connectivity index (χ1v) is 10.3. The number of amides is 1. The van der Waals surface area contributed by atoms with E-state index in [0.29, 0.717) is 13.0 Å². The molecule has 1 aliphatic heterocycles. The van der Waals surface area contributed by atoms with E-state index in [-0.39, 0.29) is 18.1 Å². The summed E-state index contributed by atoms with van der Waals surface area (Å²) in [6.45, 7) is 1.51. The Bertz CT molecular complexity index is 570. The van der Waals surface area contributed by atoms with Gasteiger partial charge in [0.25, 0.3) is 0 Å². The number of carbonyl (C=O) groups excluding carboxylic acids is 1. The van der Waals surface area contributed by atoms with Crippen LogP contribution in [0.15, 0.2) is 18.2 Å². The van der Waals surface area contributed by atoms with Crippen molar-refractivity contribution in [2.45, 2.75) is 50.8 Å². The molecule has 1 heterocycles. The Morgan fingerprint density at radius 2 is 2.16 bits per heavy atom. The molecule has 6 heteroatoms. The smallest absolute Gasteiger partial charge is 0.221 e. The summed E-state index contributed by atoms with van der Waals surface area (Å²) >= 11 is 1.91. The van der Waals surface area contributed by atoms with Crippen molar-refractivity contribution in [3.8, 4) is 11.5 Å². The Labute approximate surface area is 154 Å². The van der Waals surface area contributed by atoms with Gasteiger partial charge >= 0.3 is 0 Å². The molecule has 25 heavy (non-hydrogen) atoms. The van der Waals surface area contributed by atoms with Crippen molar-refractivity contribution in [1.29, 1.82) is 0 Å². The van der Waals surface area contributed by atoms with Gasteiger partial charge in [0.2, 0.25) is 5.91 Å². The molecule has 2 aliphatic rings. The highest BCUT2D eigenvalue weighted by molar-refractivity contribution is 7.99. The van der Waals surface area contributed by atoms with Crippen molar-refractivity contribution in [1.82, 2.24) is 10.6 Å². The van der Waals surface area contributed by atoms with Gasteiger partial charge in [-0.15, -0.1) is 0 Å². The van der Waals surface area contributed by atoms with Gasteiger partial charge in [0.15, 0.2) is 11.5 Å². The highest BCUT2D eigenvalue weighted by atomic mass is 32.2. The molecule has 2 fully saturated rings. The maximum absolute atomic E-state index is 12.2. The molecule has 1 amide bonds. The molecule has 0 spiro atoms. The zero-order valence-corrected chi connectivity index (χ0v) is 15.7. The number of nitrogens with one attached hydrogen (secondary N) is 2. The van der Waals surface area contributed by atoms with Crippen molar-refractivity contribution >= 4 is 17.7 Å². The standard InChI is InChI=1S/C19H28N2O3S/c1-23-17-7-6-14(10-18(17)24-16-4-2-3-5-16)12-21-19(22)11-15-13-25-9-8-20-15/h6-7,10,15-16,20H,2-5,8-9,11-13H2,1H3,(H,21,22). The molecule has 1 aromatic rings. The molecule has 0 aromatic heterocycles. The third-order valence-electron chi connectivity index (χ3n) is 4.74. The monoisotopic (exact) mass is 364 g/mol. The van der Waals surface area contributed by atoms with E-state index in [9.17, 15) is 4.79 Å². The molecular formula is C19H28N2O3S. The number of benzene rings is 1. The van der Waals surface area contributed by atoms with Crippen LogP contribution in [0.4, 0.5) is 0 Å². The van der Waals surface area contributed by atoms with E-state index in [2.05, 4.69) is 10.6 Å². The van der Waals surface area contributed by atoms with Crippen LogP contribution in [0.2, 0.25) is 0 Å². The molecule has 0 bridgehead atoms. The second-order valence-electron chi connectivity index (χ2n) is 6.72. The van der Waals surface area contributed by atoms with Gasteiger partial charge in [-0.1, -0.05) is 6.07 Å². The second-order valence-corrected chi connectivity index (χ2v) is 7.87. The summed E-state index contributed by atoms with van der Waals surface area (Å²) in [6, 6.07) is 6.18. The first-order valence-electron chi connectivity index (χ1n) is 9.16. The van der Waals surface area contributed by atoms with Gasteiger partial charge in [0, 0.05) is 37.1 Å². The minimum Gasteiger partial charge on any atom is -0.493 e. The lowest BCUT2D eigenvalue weighted by Gasteiger charge is -2.22. The van der Waals surface area contributed by atoms with E-state index in [1.54, 1.807) is 7.11 Å². The fourth-order valence-electron chi connectivity index (χ4n) is 3.36. The second kappa shape index (κ2) is 9.34. The van der Waals surface area contributed by atoms with Crippen LogP contribution in [-0.2, 0) is 11.3 Å². The summed E-state index contributed by atoms with van der Waals surface area (Å²) in [5, 5.41) is 6.41. The van der Waals surface area contributed by atoms with Gasteiger partial charge in [-0.3, -0.25) is 4.79 Å². The first-order chi connectivity index (χ1) is 12.2. The Balaban J connectivity index is 1.53. The molecule has 1 unspecified atom stereocenters. The van der Waals surface area contributed by atoms with E-state index >= 15 is 0 Å². The van der Waals surface area contributed by atoms with Crippen molar-refractivity contribution in [2.24, 2.45) is 0 Å². The summed E-state index contributed by atoms with van der Waals surface area (Å²) in [5.41, 5.74) is 1.04. The van der Waals surface area contributed by atoms with Crippen molar-refractivity contribution in [2.75, 3.05) is 25.2 Å². The van der Waals surface area contributed by atoms with Crippen molar-refractivity contribution in [3.05, 3.63) is 23.8 Å². The Morgan fingerprint density at radius 3 is 2.88 bits per heavy atom. The number of hydrogen-bond acceptors (Lipinski definition) is 5. The maximum atomic E-state index is 12.2. The Morgan fingerprint density at radius 1 is 1.32 bits per heavy atom. The molecule has 1 aromatic carbocycles. The molecule has 0 radical (unpaired) electrons. The van der Waals surface area contributed by atoms with E-state index in [1.807, 2.05) is 30.0 Å². The highest BCUT2D eigenvalue weighted by Crippen LogP contribution is 2.32. The fourth-order valence-corrected chi connectivity index (χ4v) is 4.31. The summed E-state index contributed by atoms with van der Waals surface area (Å²) in [6.07, 6.45) is 5.50. The number of ether oxygens (including phenoxy) is 2. The fraction of sp³-hybridized carbons (Fsp3) is 0.632. The number of methoxy groups -OCH3 is 1. The van der Waals surface area contributed by atoms with E-state index in [0.717, 1.165) is 48.0 Å². The SMILES string of the molecule is COc1ccc(CNC(=O)CC2CSCCN2)cc1OC1CCCC1. The molecule has 1 atom stereocenters. The van der Waals surface area contributed by atoms with E-state index < -0.39 is 0 Å². The molecule has 3 rings (SSSR count). The number of rotatable bonds is 7. The largest absolute Gasteiger partial charge is 0.493 e. The minimum atomic E-state index is 0.0917. The lowest BCUT2D eigenvalue weighted by molar-refractivity contribution is -0.121. The summed E-state index contributed by atoms with van der Waals surface area (Å²) in [4.78, 5) is 12.2. The van der Waals surface area contributed by atoms with Crippen LogP contribution in [0.1, 0.15) is 37.7 Å². The molecule has 1 saturated heterocycles. The highest BCUT2D eigenvalue weighted by Gasteiger charge is 2.19. The van der Waals surface area contributed by atoms with Gasteiger partial charge in [0.1, 0.15) is 0 Å². The van der Waals surface area contributed by atoms with Gasteiger partial charge in [-0.05, 0) is 43.4 Å². The van der Waals surface area contributed by atoms with Crippen molar-refractivity contribution in [3.63, 3.8) is 0 Å². The number of hydrogen-bond donors (Lipinski definition) is 2. The molecule has 138 valence electrons. The molecule has 1 saturated carbocycles. The lowest BCUT2D eigenvalue weighted by atomic mass is 10.1.